The van der Waals surface area contributed by atoms with E-state index in [0.29, 0.717) is 0 Å². The molecule has 1 aromatic carbocycles. The Morgan fingerprint density at radius 3 is 2.95 bits per heavy atom. The molecular formula is C14H12BrN3S. The zero-order valence-electron chi connectivity index (χ0n) is 10.4. The first-order valence-electron chi connectivity index (χ1n) is 5.92. The number of fused-ring (bicyclic) bond motifs is 1. The van der Waals surface area contributed by atoms with Crippen LogP contribution in [-0.4, -0.2) is 9.97 Å². The molecule has 0 aliphatic rings. The number of benzene rings is 1. The van der Waals surface area contributed by atoms with E-state index in [4.69, 9.17) is 0 Å². The number of halogens is 1. The molecule has 0 spiro atoms. The average Bonchev–Trinajstić information content (AvgIpc) is 2.77. The van der Waals surface area contributed by atoms with E-state index in [-0.39, 0.29) is 0 Å². The summed E-state index contributed by atoms with van der Waals surface area (Å²) < 4.78 is 2.21. The van der Waals surface area contributed by atoms with Crippen LogP contribution < -0.4 is 5.32 Å². The second-order valence-corrected chi connectivity index (χ2v) is 6.39. The quantitative estimate of drug-likeness (QED) is 0.773. The third kappa shape index (κ3) is 2.93. The Hall–Kier alpha value is -1.46. The maximum atomic E-state index is 4.46. The fourth-order valence-corrected chi connectivity index (χ4v) is 2.95. The molecule has 0 aliphatic heterocycles. The molecule has 0 atom stereocenters. The molecule has 0 aliphatic carbocycles. The standard InChI is InChI=1S/C14H12BrN3S/c1-9-18-13-5-4-11(6-14(13)19-9)17-8-12-3-2-10(15)7-16-12/h2-7,17H,8H2,1H3. The molecule has 5 heteroatoms. The van der Waals surface area contributed by atoms with Gasteiger partial charge < -0.3 is 5.32 Å². The van der Waals surface area contributed by atoms with E-state index in [0.717, 1.165) is 32.9 Å². The van der Waals surface area contributed by atoms with E-state index >= 15 is 0 Å². The highest BCUT2D eigenvalue weighted by atomic mass is 79.9. The summed E-state index contributed by atoms with van der Waals surface area (Å²) in [4.78, 5) is 8.80. The molecule has 96 valence electrons. The molecule has 3 rings (SSSR count). The Balaban J connectivity index is 1.75. The van der Waals surface area contributed by atoms with Crippen molar-refractivity contribution in [1.82, 2.24) is 9.97 Å². The number of thiazole rings is 1. The summed E-state index contributed by atoms with van der Waals surface area (Å²) in [7, 11) is 0. The van der Waals surface area contributed by atoms with Gasteiger partial charge in [-0.15, -0.1) is 11.3 Å². The van der Waals surface area contributed by atoms with Crippen molar-refractivity contribution < 1.29 is 0 Å². The van der Waals surface area contributed by atoms with Gasteiger partial charge in [-0.3, -0.25) is 4.98 Å². The first-order chi connectivity index (χ1) is 9.20. The second kappa shape index (κ2) is 5.27. The van der Waals surface area contributed by atoms with Crippen LogP contribution in [0.1, 0.15) is 10.7 Å². The number of hydrogen-bond donors (Lipinski definition) is 1. The predicted molar refractivity (Wildman–Crippen MR) is 83.6 cm³/mol. The maximum absolute atomic E-state index is 4.46. The number of anilines is 1. The minimum absolute atomic E-state index is 0.719. The van der Waals surface area contributed by atoms with Crippen LogP contribution in [0.4, 0.5) is 5.69 Å². The van der Waals surface area contributed by atoms with Gasteiger partial charge in [-0.05, 0) is 53.2 Å². The summed E-state index contributed by atoms with van der Waals surface area (Å²) in [5, 5.41) is 4.48. The Morgan fingerprint density at radius 1 is 1.26 bits per heavy atom. The Morgan fingerprint density at radius 2 is 2.16 bits per heavy atom. The van der Waals surface area contributed by atoms with Crippen LogP contribution in [0.3, 0.4) is 0 Å². The van der Waals surface area contributed by atoms with Crippen molar-refractivity contribution in [1.29, 1.82) is 0 Å². The molecule has 19 heavy (non-hydrogen) atoms. The molecule has 0 radical (unpaired) electrons. The van der Waals surface area contributed by atoms with Gasteiger partial charge in [-0.2, -0.15) is 0 Å². The fourth-order valence-electron chi connectivity index (χ4n) is 1.85. The van der Waals surface area contributed by atoms with Crippen LogP contribution in [0.25, 0.3) is 10.2 Å². The van der Waals surface area contributed by atoms with Crippen molar-refractivity contribution >= 4 is 43.2 Å². The Labute approximate surface area is 123 Å². The number of aromatic nitrogens is 2. The van der Waals surface area contributed by atoms with Crippen molar-refractivity contribution in [3.05, 3.63) is 51.7 Å². The van der Waals surface area contributed by atoms with Gasteiger partial charge in [0.05, 0.1) is 27.5 Å². The summed E-state index contributed by atoms with van der Waals surface area (Å²) in [5.41, 5.74) is 3.18. The van der Waals surface area contributed by atoms with Gasteiger partial charge in [-0.1, -0.05) is 0 Å². The molecule has 0 amide bonds. The molecule has 0 bridgehead atoms. The average molecular weight is 334 g/mol. The van der Waals surface area contributed by atoms with E-state index in [1.165, 1.54) is 4.70 Å². The van der Waals surface area contributed by atoms with Gasteiger partial charge in [0.15, 0.2) is 0 Å². The fraction of sp³-hybridized carbons (Fsp3) is 0.143. The SMILES string of the molecule is Cc1nc2ccc(NCc3ccc(Br)cn3)cc2s1. The van der Waals surface area contributed by atoms with Crippen LogP contribution >= 0.6 is 27.3 Å². The van der Waals surface area contributed by atoms with E-state index in [1.807, 2.05) is 25.3 Å². The zero-order valence-corrected chi connectivity index (χ0v) is 12.8. The second-order valence-electron chi connectivity index (χ2n) is 4.24. The first kappa shape index (κ1) is 12.6. The van der Waals surface area contributed by atoms with Gasteiger partial charge in [0, 0.05) is 16.4 Å². The molecule has 0 unspecified atom stereocenters. The molecular weight excluding hydrogens is 322 g/mol. The normalized spacial score (nSPS) is 10.8. The molecule has 3 nitrogen and oxygen atoms in total. The third-order valence-electron chi connectivity index (χ3n) is 2.76. The highest BCUT2D eigenvalue weighted by molar-refractivity contribution is 9.10. The van der Waals surface area contributed by atoms with Gasteiger partial charge in [-0.25, -0.2) is 4.98 Å². The van der Waals surface area contributed by atoms with E-state index in [2.05, 4.69) is 49.4 Å². The van der Waals surface area contributed by atoms with E-state index in [1.54, 1.807) is 11.3 Å². The number of pyridine rings is 1. The topological polar surface area (TPSA) is 37.8 Å². The number of aryl methyl sites for hydroxylation is 1. The first-order valence-corrected chi connectivity index (χ1v) is 7.53. The molecule has 0 saturated heterocycles. The summed E-state index contributed by atoms with van der Waals surface area (Å²) in [5.74, 6) is 0. The summed E-state index contributed by atoms with van der Waals surface area (Å²) in [6, 6.07) is 10.3. The van der Waals surface area contributed by atoms with Gasteiger partial charge >= 0.3 is 0 Å². The van der Waals surface area contributed by atoms with Crippen LogP contribution in [0.15, 0.2) is 41.0 Å². The smallest absolute Gasteiger partial charge is 0.0907 e. The van der Waals surface area contributed by atoms with E-state index in [9.17, 15) is 0 Å². The molecule has 3 aromatic rings. The monoisotopic (exact) mass is 333 g/mol. The van der Waals surface area contributed by atoms with E-state index < -0.39 is 0 Å². The minimum atomic E-state index is 0.719. The van der Waals surface area contributed by atoms with Gasteiger partial charge in [0.2, 0.25) is 0 Å². The van der Waals surface area contributed by atoms with Crippen molar-refractivity contribution in [2.45, 2.75) is 13.5 Å². The van der Waals surface area contributed by atoms with Crippen molar-refractivity contribution in [2.24, 2.45) is 0 Å². The molecule has 1 N–H and O–H groups in total. The molecule has 0 saturated carbocycles. The Bertz CT molecular complexity index is 706. The van der Waals surface area contributed by atoms with Gasteiger partial charge in [0.1, 0.15) is 0 Å². The third-order valence-corrected chi connectivity index (χ3v) is 4.16. The molecule has 0 fully saturated rings. The lowest BCUT2D eigenvalue weighted by molar-refractivity contribution is 1.04. The van der Waals surface area contributed by atoms with Crippen LogP contribution in [0, 0.1) is 6.92 Å². The molecule has 2 heterocycles. The van der Waals surface area contributed by atoms with Crippen molar-refractivity contribution in [3.8, 4) is 0 Å². The highest BCUT2D eigenvalue weighted by Gasteiger charge is 2.02. The summed E-state index contributed by atoms with van der Waals surface area (Å²) in [6.45, 7) is 2.75. The van der Waals surface area contributed by atoms with Crippen LogP contribution in [0.2, 0.25) is 0 Å². The summed E-state index contributed by atoms with van der Waals surface area (Å²) >= 11 is 5.10. The number of hydrogen-bond acceptors (Lipinski definition) is 4. The number of nitrogens with zero attached hydrogens (tertiary/aromatic N) is 2. The van der Waals surface area contributed by atoms with Crippen molar-refractivity contribution in [2.75, 3.05) is 5.32 Å². The number of nitrogens with one attached hydrogen (secondary N) is 1. The van der Waals surface area contributed by atoms with Crippen LogP contribution in [0.5, 0.6) is 0 Å². The highest BCUT2D eigenvalue weighted by Crippen LogP contribution is 2.24. The maximum Gasteiger partial charge on any atom is 0.0907 e. The largest absolute Gasteiger partial charge is 0.379 e. The lowest BCUT2D eigenvalue weighted by Crippen LogP contribution is -2.00. The zero-order chi connectivity index (χ0) is 13.2. The summed E-state index contributed by atoms with van der Waals surface area (Å²) in [6.07, 6.45) is 1.81. The Kier molecular flexibility index (Phi) is 3.48. The van der Waals surface area contributed by atoms with Crippen LogP contribution in [-0.2, 0) is 6.54 Å². The van der Waals surface area contributed by atoms with Crippen molar-refractivity contribution in [3.63, 3.8) is 0 Å². The lowest BCUT2D eigenvalue weighted by Gasteiger charge is -2.05. The minimum Gasteiger partial charge on any atom is -0.379 e. The predicted octanol–water partition coefficient (Wildman–Crippen LogP) is 4.37. The number of rotatable bonds is 3. The molecule has 2 aromatic heterocycles. The van der Waals surface area contributed by atoms with Gasteiger partial charge in [0.25, 0.3) is 0 Å². The lowest BCUT2D eigenvalue weighted by atomic mass is 10.3.